The second-order valence-corrected chi connectivity index (χ2v) is 39.0. The molecular formula is C129H92B2N4O. The van der Waals surface area contributed by atoms with E-state index in [4.69, 9.17) is 4.74 Å². The highest BCUT2D eigenvalue weighted by Crippen LogP contribution is 2.66. The molecule has 21 aromatic rings. The van der Waals surface area contributed by atoms with Crippen LogP contribution in [-0.4, -0.2) is 18.0 Å². The first-order valence-electron chi connectivity index (χ1n) is 51.2. The monoisotopic (exact) mass is 1740 g/mol. The summed E-state index contributed by atoms with van der Waals surface area (Å²) < 4.78 is 90.4. The third-order valence-corrected chi connectivity index (χ3v) is 29.5. The van der Waals surface area contributed by atoms with Gasteiger partial charge in [0.15, 0.2) is 0 Å². The lowest BCUT2D eigenvalue weighted by Gasteiger charge is -2.47. The van der Waals surface area contributed by atoms with Gasteiger partial charge >= 0.3 is 0 Å². The van der Waals surface area contributed by atoms with Gasteiger partial charge in [-0.1, -0.05) is 411 Å². The van der Waals surface area contributed by atoms with Crippen molar-refractivity contribution in [1.29, 1.82) is 0 Å². The minimum atomic E-state index is -1.77. The highest BCUT2D eigenvalue weighted by molar-refractivity contribution is 7.02. The molecule has 5 heterocycles. The van der Waals surface area contributed by atoms with Crippen LogP contribution in [0.3, 0.4) is 0 Å². The molecule has 0 radical (unpaired) electrons. The predicted octanol–water partition coefficient (Wildman–Crippen LogP) is 29.9. The summed E-state index contributed by atoms with van der Waals surface area (Å²) in [5.41, 5.74) is 34.8. The molecule has 5 nitrogen and oxygen atoms in total. The number of aromatic nitrogens is 1. The molecule has 0 amide bonds. The van der Waals surface area contributed by atoms with E-state index in [1.165, 1.54) is 5.56 Å². The van der Waals surface area contributed by atoms with Crippen LogP contribution in [0.15, 0.2) is 449 Å². The van der Waals surface area contributed by atoms with Gasteiger partial charge in [-0.15, -0.1) is 0 Å². The maximum Gasteiger partial charge on any atom is 0.256 e. The van der Waals surface area contributed by atoms with Gasteiger partial charge in [0.2, 0.25) is 0 Å². The fraction of sp³-hybridized carbons (Fsp3) is 0.0698. The van der Waals surface area contributed by atoms with Crippen molar-refractivity contribution in [3.8, 4) is 117 Å². The molecule has 27 rings (SSSR count). The molecule has 1 spiro atoms. The van der Waals surface area contributed by atoms with Gasteiger partial charge in [-0.2, -0.15) is 0 Å². The van der Waals surface area contributed by atoms with Crippen LogP contribution in [0, 0.1) is 0 Å². The van der Waals surface area contributed by atoms with Crippen LogP contribution >= 0.6 is 0 Å². The molecule has 0 bridgehead atoms. The number of hydrogen-bond acceptors (Lipinski definition) is 4. The van der Waals surface area contributed by atoms with Gasteiger partial charge in [0.1, 0.15) is 11.5 Å². The van der Waals surface area contributed by atoms with E-state index in [2.05, 4.69) is 431 Å². The van der Waals surface area contributed by atoms with Gasteiger partial charge in [0.05, 0.1) is 50.2 Å². The Morgan fingerprint density at radius 3 is 1.11 bits per heavy atom. The van der Waals surface area contributed by atoms with Crippen molar-refractivity contribution in [2.45, 2.75) is 57.8 Å². The maximum absolute atomic E-state index is 10.5. The summed E-state index contributed by atoms with van der Waals surface area (Å²) in [5, 5.41) is 2.27. The molecule has 136 heavy (non-hydrogen) atoms. The summed E-state index contributed by atoms with van der Waals surface area (Å²) in [7, 11) is 0. The van der Waals surface area contributed by atoms with Crippen LogP contribution in [0.1, 0.15) is 85.9 Å². The highest BCUT2D eigenvalue weighted by atomic mass is 16.5. The number of nitrogens with zero attached hydrogens (tertiary/aromatic N) is 4. The van der Waals surface area contributed by atoms with Crippen LogP contribution in [0.4, 0.5) is 51.2 Å². The molecule has 2 aliphatic carbocycles. The molecule has 6 aliphatic rings. The van der Waals surface area contributed by atoms with E-state index < -0.39 is 43.0 Å². The predicted molar refractivity (Wildman–Crippen MR) is 572 cm³/mol. The SMILES string of the molecule is [2H]c1c([2H])c([2H])c2c(c1[2H])-c1c([2H])c([2H])c([2H])c([2H])c1C21c2ccccc2-c2cccc(-c3cc4c5c(c3)N(c3c(-c6ccccc6)cc(C(C)(C)C)cc3-c3ccccc3)c3ccccc3B5c3cc5c(cc3O4)N(c3c(-c4ccccc4)cccc3-c3ccccc3)c3cc(-n4c6ccccc6c6ccccc64)cc4c3B5c3ccccc3N4c3c(-c4ccccc4)cc(C(C)(C)C)cc3-c3ccccc3)c21. The van der Waals surface area contributed by atoms with E-state index in [1.54, 1.807) is 0 Å². The van der Waals surface area contributed by atoms with Gasteiger partial charge in [-0.05, 0) is 217 Å². The Morgan fingerprint density at radius 1 is 0.257 bits per heavy atom. The highest BCUT2D eigenvalue weighted by Gasteiger charge is 2.55. The third-order valence-electron chi connectivity index (χ3n) is 29.5. The summed E-state index contributed by atoms with van der Waals surface area (Å²) in [6.07, 6.45) is 0. The van der Waals surface area contributed by atoms with Gasteiger partial charge < -0.3 is 24.0 Å². The molecule has 0 atom stereocenters. The van der Waals surface area contributed by atoms with Crippen LogP contribution in [0.5, 0.6) is 11.5 Å². The topological polar surface area (TPSA) is 23.9 Å². The molecule has 20 aromatic carbocycles. The van der Waals surface area contributed by atoms with Crippen molar-refractivity contribution >= 4 is 119 Å². The zero-order valence-corrected chi connectivity index (χ0v) is 76.0. The minimum Gasteiger partial charge on any atom is -0.458 e. The number of fused-ring (bicyclic) bond motifs is 21. The van der Waals surface area contributed by atoms with E-state index in [1.807, 2.05) is 30.3 Å². The average Bonchev–Trinajstić information content (AvgIpc) is 1.46. The maximum atomic E-state index is 10.5. The van der Waals surface area contributed by atoms with Crippen LogP contribution in [0.25, 0.3) is 128 Å². The summed E-state index contributed by atoms with van der Waals surface area (Å²) in [5.74, 6) is 1.20. The number of anilines is 9. The number of benzene rings is 20. The first-order chi connectivity index (χ1) is 70.1. The Morgan fingerprint density at radius 2 is 0.632 bits per heavy atom. The number of rotatable bonds is 11. The number of para-hydroxylation sites is 5. The molecule has 0 saturated carbocycles. The van der Waals surface area contributed by atoms with Crippen LogP contribution in [-0.2, 0) is 16.2 Å². The smallest absolute Gasteiger partial charge is 0.256 e. The minimum absolute atomic E-state index is 0.0444. The Hall–Kier alpha value is -16.5. The van der Waals surface area contributed by atoms with E-state index >= 15 is 0 Å². The molecule has 0 unspecified atom stereocenters. The Kier molecular flexibility index (Phi) is 15.9. The molecule has 0 saturated heterocycles. The lowest BCUT2D eigenvalue weighted by molar-refractivity contribution is 0.488. The summed E-state index contributed by atoms with van der Waals surface area (Å²) in [4.78, 5) is 7.75. The standard InChI is InChI=1S/C129H92B2N4O/c1-127(2,3)88-73-100(83-45-17-9-18-46-83)125(101(74-88)84-47-19-10-20-48-84)133-114-70-38-34-66-108(114)131-110-79-109-115(80-119(110)136-120-72-87(71-116(133)123(120)131)91-58-39-61-99-96-55-27-32-64-106(96)129(121(91)99)104-62-30-25-53-94(104)95-54-26-31-63-105(95)129)135(124-92(81-41-13-7-14-42-81)59-40-60-93(124)82-43-15-8-16-44-82)118-78-90(132-111-67-35-28-56-97(111)98-57-29-36-68-112(98)132)77-117-122(118)130(109)107-65-33-37-69-113(107)134(117)126-102(85-49-21-11-22-50-85)75-89(128(4,5)6)76-103(126)86-51-23-12-24-52-86/h7-80H,1-6H3/i25D,26D,30D,31D,53D,54D,62D,63D. The Balaban J connectivity index is 0.802. The summed E-state index contributed by atoms with van der Waals surface area (Å²) >= 11 is 0. The number of ether oxygens (including phenoxy) is 1. The number of hydrogen-bond donors (Lipinski definition) is 0. The zero-order valence-electron chi connectivity index (χ0n) is 84.0. The van der Waals surface area contributed by atoms with Crippen molar-refractivity contribution in [2.24, 2.45) is 0 Å². The van der Waals surface area contributed by atoms with E-state index in [-0.39, 0.29) is 57.3 Å². The summed E-state index contributed by atoms with van der Waals surface area (Å²) in [6, 6.07) is 143. The molecule has 640 valence electrons. The van der Waals surface area contributed by atoms with E-state index in [0.29, 0.717) is 33.8 Å². The largest absolute Gasteiger partial charge is 0.458 e. The van der Waals surface area contributed by atoms with Gasteiger partial charge in [-0.3, -0.25) is 0 Å². The van der Waals surface area contributed by atoms with Crippen molar-refractivity contribution in [1.82, 2.24) is 4.57 Å². The van der Waals surface area contributed by atoms with Crippen molar-refractivity contribution in [3.63, 3.8) is 0 Å². The van der Waals surface area contributed by atoms with E-state index in [0.717, 1.165) is 195 Å². The van der Waals surface area contributed by atoms with Crippen molar-refractivity contribution in [2.75, 3.05) is 14.7 Å². The van der Waals surface area contributed by atoms with Gasteiger partial charge in [0, 0.05) is 84.3 Å². The van der Waals surface area contributed by atoms with Crippen LogP contribution < -0.4 is 52.2 Å². The fourth-order valence-electron chi connectivity index (χ4n) is 23.6. The first-order valence-corrected chi connectivity index (χ1v) is 47.2. The summed E-state index contributed by atoms with van der Waals surface area (Å²) in [6.45, 7) is 12.8. The van der Waals surface area contributed by atoms with Crippen molar-refractivity contribution < 1.29 is 15.7 Å². The van der Waals surface area contributed by atoms with E-state index in [9.17, 15) is 11.0 Å². The molecule has 7 heteroatoms. The average molecular weight is 1740 g/mol. The molecule has 4 aliphatic heterocycles. The van der Waals surface area contributed by atoms with Gasteiger partial charge in [0.25, 0.3) is 13.4 Å². The quantitative estimate of drug-likeness (QED) is 0.120. The fourth-order valence-corrected chi connectivity index (χ4v) is 23.6. The second-order valence-electron chi connectivity index (χ2n) is 39.0. The third kappa shape index (κ3) is 11.8. The Labute approximate surface area is 806 Å². The van der Waals surface area contributed by atoms with Crippen LogP contribution in [0.2, 0.25) is 0 Å². The van der Waals surface area contributed by atoms with Crippen molar-refractivity contribution in [3.05, 3.63) is 482 Å². The molecule has 0 fully saturated rings. The molecular weight excluding hydrogens is 1640 g/mol. The molecule has 0 N–H and O–H groups in total. The second kappa shape index (κ2) is 30.3. The lowest BCUT2D eigenvalue weighted by atomic mass is 9.30. The van der Waals surface area contributed by atoms with Gasteiger partial charge in [-0.25, -0.2) is 0 Å². The Bertz CT molecular complexity index is 8780. The lowest BCUT2D eigenvalue weighted by Crippen LogP contribution is -2.64. The first kappa shape index (κ1) is 71.2. The molecule has 1 aromatic heterocycles. The zero-order chi connectivity index (χ0) is 97.5. The normalized spacial score (nSPS) is 14.4.